The molecule has 1 aromatic rings. The molecule has 2 N–H and O–H groups in total. The maximum absolute atomic E-state index is 5.95. The molecule has 0 aromatic heterocycles. The number of halogens is 3. The van der Waals surface area contributed by atoms with E-state index >= 15 is 0 Å². The van der Waals surface area contributed by atoms with Crippen molar-refractivity contribution in [3.63, 3.8) is 0 Å². The van der Waals surface area contributed by atoms with Crippen LogP contribution >= 0.6 is 35.6 Å². The highest BCUT2D eigenvalue weighted by Gasteiger charge is 2.06. The van der Waals surface area contributed by atoms with Gasteiger partial charge in [0.25, 0.3) is 0 Å². The summed E-state index contributed by atoms with van der Waals surface area (Å²) in [5.41, 5.74) is 6.93. The molecule has 0 aliphatic rings. The van der Waals surface area contributed by atoms with Crippen molar-refractivity contribution in [3.8, 4) is 0 Å². The molecule has 1 nitrogen and oxygen atoms in total. The first-order valence-electron chi connectivity index (χ1n) is 4.46. The summed E-state index contributed by atoms with van der Waals surface area (Å²) in [4.78, 5) is 0. The number of hydrogen-bond donors (Lipinski definition) is 1. The van der Waals surface area contributed by atoms with Gasteiger partial charge in [0.15, 0.2) is 0 Å². The summed E-state index contributed by atoms with van der Waals surface area (Å²) >= 11 is 11.7. The van der Waals surface area contributed by atoms with Crippen molar-refractivity contribution in [2.45, 2.75) is 18.9 Å². The number of hydrogen-bond acceptors (Lipinski definition) is 1. The number of benzene rings is 1. The lowest BCUT2D eigenvalue weighted by Crippen LogP contribution is -2.09. The van der Waals surface area contributed by atoms with Gasteiger partial charge in [-0.2, -0.15) is 0 Å². The average molecular weight is 267 g/mol. The third kappa shape index (κ3) is 4.89. The fourth-order valence-corrected chi connectivity index (χ4v) is 1.80. The van der Waals surface area contributed by atoms with Crippen molar-refractivity contribution in [2.24, 2.45) is 5.73 Å². The lowest BCUT2D eigenvalue weighted by Gasteiger charge is -2.11. The Balaban J connectivity index is 0.00000196. The van der Waals surface area contributed by atoms with Crippen molar-refractivity contribution >= 4 is 35.6 Å². The normalized spacial score (nSPS) is 11.7. The van der Waals surface area contributed by atoms with Crippen molar-refractivity contribution in [1.82, 2.24) is 0 Å². The maximum Gasteiger partial charge on any atom is 0.0424 e. The first-order valence-corrected chi connectivity index (χ1v) is 5.21. The van der Waals surface area contributed by atoms with Crippen molar-refractivity contribution in [1.29, 1.82) is 0 Å². The average Bonchev–Trinajstić information content (AvgIpc) is 2.12. The minimum Gasteiger partial charge on any atom is -0.324 e. The van der Waals surface area contributed by atoms with Gasteiger partial charge >= 0.3 is 0 Å². The van der Waals surface area contributed by atoms with Crippen LogP contribution in [0, 0.1) is 0 Å². The molecule has 0 aliphatic heterocycles. The van der Waals surface area contributed by atoms with Gasteiger partial charge in [-0.25, -0.2) is 0 Å². The van der Waals surface area contributed by atoms with Crippen LogP contribution in [0.2, 0.25) is 10.0 Å². The molecule has 15 heavy (non-hydrogen) atoms. The number of nitrogens with two attached hydrogens (primary N) is 1. The van der Waals surface area contributed by atoms with Crippen molar-refractivity contribution in [2.75, 3.05) is 0 Å². The molecule has 0 amide bonds. The molecule has 1 atom stereocenters. The molecule has 1 aromatic carbocycles. The molecule has 0 bridgehead atoms. The van der Waals surface area contributed by atoms with Crippen LogP contribution in [0.15, 0.2) is 30.9 Å². The second kappa shape index (κ2) is 7.13. The van der Waals surface area contributed by atoms with Crippen molar-refractivity contribution < 1.29 is 0 Å². The zero-order valence-electron chi connectivity index (χ0n) is 8.25. The van der Waals surface area contributed by atoms with Gasteiger partial charge in [0.2, 0.25) is 0 Å². The van der Waals surface area contributed by atoms with E-state index in [9.17, 15) is 0 Å². The van der Waals surface area contributed by atoms with E-state index in [1.54, 1.807) is 6.07 Å². The van der Waals surface area contributed by atoms with Gasteiger partial charge in [0, 0.05) is 16.1 Å². The highest BCUT2D eigenvalue weighted by Crippen LogP contribution is 2.24. The van der Waals surface area contributed by atoms with Gasteiger partial charge < -0.3 is 5.73 Å². The van der Waals surface area contributed by atoms with E-state index in [1.807, 2.05) is 18.2 Å². The van der Waals surface area contributed by atoms with Gasteiger partial charge in [-0.1, -0.05) is 29.3 Å². The summed E-state index contributed by atoms with van der Waals surface area (Å²) < 4.78 is 0. The van der Waals surface area contributed by atoms with Crippen LogP contribution in [0.5, 0.6) is 0 Å². The van der Waals surface area contributed by atoms with Crippen LogP contribution in [0.1, 0.15) is 24.4 Å². The van der Waals surface area contributed by atoms with E-state index in [0.29, 0.717) is 10.0 Å². The van der Waals surface area contributed by atoms with Gasteiger partial charge in [0.05, 0.1) is 0 Å². The van der Waals surface area contributed by atoms with E-state index in [1.165, 1.54) is 0 Å². The second-order valence-corrected chi connectivity index (χ2v) is 4.05. The SMILES string of the molecule is C=CCC[C@@H](N)c1cc(Cl)cc(Cl)c1.Cl. The smallest absolute Gasteiger partial charge is 0.0424 e. The Morgan fingerprint density at radius 2 is 1.80 bits per heavy atom. The molecule has 0 saturated carbocycles. The Kier molecular flexibility index (Phi) is 7.03. The summed E-state index contributed by atoms with van der Waals surface area (Å²) in [6.07, 6.45) is 3.61. The molecule has 0 spiro atoms. The summed E-state index contributed by atoms with van der Waals surface area (Å²) in [7, 11) is 0. The molecule has 0 saturated heterocycles. The highest BCUT2D eigenvalue weighted by molar-refractivity contribution is 6.34. The summed E-state index contributed by atoms with van der Waals surface area (Å²) in [6.45, 7) is 3.65. The Hall–Kier alpha value is -0.210. The predicted molar refractivity (Wildman–Crippen MR) is 70.1 cm³/mol. The predicted octanol–water partition coefficient (Wildman–Crippen LogP) is 4.38. The third-order valence-electron chi connectivity index (χ3n) is 1.99. The monoisotopic (exact) mass is 265 g/mol. The third-order valence-corrected chi connectivity index (χ3v) is 2.43. The summed E-state index contributed by atoms with van der Waals surface area (Å²) in [6, 6.07) is 5.37. The fraction of sp³-hybridized carbons (Fsp3) is 0.273. The molecule has 0 heterocycles. The standard InChI is InChI=1S/C11H13Cl2N.ClH/c1-2-3-4-11(14)8-5-9(12)7-10(13)6-8;/h2,5-7,11H,1,3-4,14H2;1H/t11-;/m1./s1. The van der Waals surface area contributed by atoms with Crippen LogP contribution in [0.25, 0.3) is 0 Å². The van der Waals surface area contributed by atoms with Gasteiger partial charge in [-0.3, -0.25) is 0 Å². The van der Waals surface area contributed by atoms with Crippen molar-refractivity contribution in [3.05, 3.63) is 46.5 Å². The van der Waals surface area contributed by atoms with Crippen LogP contribution in [-0.4, -0.2) is 0 Å². The van der Waals surface area contributed by atoms with Gasteiger partial charge in [-0.15, -0.1) is 19.0 Å². The van der Waals surface area contributed by atoms with Crippen LogP contribution in [0.3, 0.4) is 0 Å². The fourth-order valence-electron chi connectivity index (χ4n) is 1.25. The minimum absolute atomic E-state index is 0. The van der Waals surface area contributed by atoms with E-state index in [4.69, 9.17) is 28.9 Å². The Labute approximate surface area is 107 Å². The van der Waals surface area contributed by atoms with E-state index in [0.717, 1.165) is 18.4 Å². The number of rotatable bonds is 4. The molecular formula is C11H14Cl3N. The van der Waals surface area contributed by atoms with Gasteiger partial charge in [0.1, 0.15) is 0 Å². The Morgan fingerprint density at radius 3 is 2.27 bits per heavy atom. The second-order valence-electron chi connectivity index (χ2n) is 3.18. The van der Waals surface area contributed by atoms with Crippen LogP contribution in [-0.2, 0) is 0 Å². The zero-order chi connectivity index (χ0) is 10.6. The molecule has 0 aliphatic carbocycles. The molecule has 0 unspecified atom stereocenters. The van der Waals surface area contributed by atoms with E-state index in [-0.39, 0.29) is 18.4 Å². The molecule has 0 fully saturated rings. The maximum atomic E-state index is 5.95. The zero-order valence-corrected chi connectivity index (χ0v) is 10.6. The Bertz CT molecular complexity index is 305. The van der Waals surface area contributed by atoms with Gasteiger partial charge in [-0.05, 0) is 36.6 Å². The van der Waals surface area contributed by atoms with Crippen LogP contribution < -0.4 is 5.73 Å². The molecule has 1 rings (SSSR count). The quantitative estimate of drug-likeness (QED) is 0.804. The lowest BCUT2D eigenvalue weighted by atomic mass is 10.0. The molecular weight excluding hydrogens is 252 g/mol. The summed E-state index contributed by atoms with van der Waals surface area (Å²) in [5.74, 6) is 0. The first-order chi connectivity index (χ1) is 6.63. The summed E-state index contributed by atoms with van der Waals surface area (Å²) in [5, 5.41) is 1.25. The largest absolute Gasteiger partial charge is 0.324 e. The molecule has 4 heteroatoms. The first kappa shape index (κ1) is 14.8. The van der Waals surface area contributed by atoms with Crippen LogP contribution in [0.4, 0.5) is 0 Å². The van der Waals surface area contributed by atoms with E-state index in [2.05, 4.69) is 6.58 Å². The minimum atomic E-state index is -0.0239. The molecule has 84 valence electrons. The number of allylic oxidation sites excluding steroid dienone is 1. The van der Waals surface area contributed by atoms with E-state index < -0.39 is 0 Å². The topological polar surface area (TPSA) is 26.0 Å². The Morgan fingerprint density at radius 1 is 1.27 bits per heavy atom. The lowest BCUT2D eigenvalue weighted by molar-refractivity contribution is 0.661. The molecule has 0 radical (unpaired) electrons. The highest BCUT2D eigenvalue weighted by atomic mass is 35.5.